The van der Waals surface area contributed by atoms with Crippen LogP contribution in [0, 0.1) is 5.92 Å². The molecule has 1 aromatic carbocycles. The van der Waals surface area contributed by atoms with Crippen LogP contribution in [0.15, 0.2) is 23.3 Å². The Labute approximate surface area is 128 Å². The Morgan fingerprint density at radius 1 is 1.45 bits per heavy atom. The number of hydrogen-bond donors (Lipinski definition) is 3. The van der Waals surface area contributed by atoms with Crippen molar-refractivity contribution in [2.24, 2.45) is 11.0 Å². The molecule has 4 rings (SSSR count). The number of hydrogen-bond acceptors (Lipinski definition) is 6. The fourth-order valence-electron chi connectivity index (χ4n) is 3.05. The van der Waals surface area contributed by atoms with Gasteiger partial charge in [-0.25, -0.2) is 5.43 Å². The van der Waals surface area contributed by atoms with Gasteiger partial charge in [0.2, 0.25) is 0 Å². The van der Waals surface area contributed by atoms with Gasteiger partial charge in [0, 0.05) is 12.2 Å². The zero-order chi connectivity index (χ0) is 14.9. The van der Waals surface area contributed by atoms with E-state index < -0.39 is 0 Å². The Balaban J connectivity index is 1.54. The first-order chi connectivity index (χ1) is 10.8. The third-order valence-electron chi connectivity index (χ3n) is 4.29. The number of fused-ring (bicyclic) bond motifs is 3. The van der Waals surface area contributed by atoms with Gasteiger partial charge >= 0.3 is 0 Å². The van der Waals surface area contributed by atoms with Crippen molar-refractivity contribution < 1.29 is 9.53 Å². The molecule has 3 heterocycles. The maximum atomic E-state index is 11.6. The Morgan fingerprint density at radius 2 is 2.41 bits per heavy atom. The number of carbonyl (C=O) groups excluding carboxylic acids is 1. The van der Waals surface area contributed by atoms with Crippen molar-refractivity contribution in [3.63, 3.8) is 0 Å². The molecule has 1 fully saturated rings. The maximum absolute atomic E-state index is 11.6. The minimum Gasteiger partial charge on any atom is -0.483 e. The van der Waals surface area contributed by atoms with Crippen LogP contribution in [0.4, 0.5) is 11.4 Å². The lowest BCUT2D eigenvalue weighted by atomic mass is 10.1. The molecular weight excluding hydrogens is 282 g/mol. The van der Waals surface area contributed by atoms with E-state index in [2.05, 4.69) is 21.2 Å². The topological polar surface area (TPSA) is 78.0 Å². The second kappa shape index (κ2) is 5.49. The molecule has 1 saturated heterocycles. The van der Waals surface area contributed by atoms with Gasteiger partial charge in [-0.15, -0.1) is 0 Å². The summed E-state index contributed by atoms with van der Waals surface area (Å²) in [5.74, 6) is 2.10. The van der Waals surface area contributed by atoms with Gasteiger partial charge < -0.3 is 20.3 Å². The highest BCUT2D eigenvalue weighted by molar-refractivity contribution is 6.07. The fraction of sp³-hybridized carbons (Fsp3) is 0.467. The Hall–Kier alpha value is -2.28. The molecule has 3 N–H and O–H groups in total. The Bertz CT molecular complexity index is 624. The fourth-order valence-corrected chi connectivity index (χ4v) is 3.05. The number of ether oxygens (including phenoxy) is 1. The number of hydrazone groups is 1. The van der Waals surface area contributed by atoms with E-state index in [9.17, 15) is 4.79 Å². The summed E-state index contributed by atoms with van der Waals surface area (Å²) in [7, 11) is 0. The lowest BCUT2D eigenvalue weighted by Crippen LogP contribution is -2.49. The quantitative estimate of drug-likeness (QED) is 0.751. The van der Waals surface area contributed by atoms with Crippen LogP contribution in [0.5, 0.6) is 5.75 Å². The van der Waals surface area contributed by atoms with Crippen LogP contribution in [0.1, 0.15) is 6.42 Å². The van der Waals surface area contributed by atoms with Crippen molar-refractivity contribution in [2.45, 2.75) is 6.42 Å². The minimum absolute atomic E-state index is 0.105. The van der Waals surface area contributed by atoms with E-state index in [0.717, 1.165) is 42.6 Å². The Morgan fingerprint density at radius 3 is 3.27 bits per heavy atom. The van der Waals surface area contributed by atoms with E-state index in [-0.39, 0.29) is 12.5 Å². The number of anilines is 2. The van der Waals surface area contributed by atoms with E-state index in [1.165, 1.54) is 6.42 Å². The standard InChI is InChI=1S/C15H19N5O2/c21-15-8-20-12-5-11(17-7-10-3-4-16-6-10)1-2-13(12)22-9-14(20)18-19-15/h1-2,5,10,16-17H,3-4,6-9H2,(H,19,21). The van der Waals surface area contributed by atoms with Gasteiger partial charge in [0.05, 0.1) is 5.69 Å². The zero-order valence-corrected chi connectivity index (χ0v) is 12.3. The third-order valence-corrected chi connectivity index (χ3v) is 4.29. The van der Waals surface area contributed by atoms with Crippen LogP contribution < -0.4 is 25.7 Å². The highest BCUT2D eigenvalue weighted by Gasteiger charge is 2.29. The highest BCUT2D eigenvalue weighted by Crippen LogP contribution is 2.35. The largest absolute Gasteiger partial charge is 0.483 e. The molecule has 0 spiro atoms. The van der Waals surface area contributed by atoms with E-state index >= 15 is 0 Å². The van der Waals surface area contributed by atoms with Crippen LogP contribution in [-0.2, 0) is 4.79 Å². The number of benzene rings is 1. The first-order valence-electron chi connectivity index (χ1n) is 7.64. The van der Waals surface area contributed by atoms with Crippen LogP contribution in [0.2, 0.25) is 0 Å². The molecule has 0 aliphatic carbocycles. The first-order valence-corrected chi connectivity index (χ1v) is 7.64. The number of nitrogens with zero attached hydrogens (tertiary/aromatic N) is 2. The summed E-state index contributed by atoms with van der Waals surface area (Å²) >= 11 is 0. The Kier molecular flexibility index (Phi) is 3.34. The number of carbonyl (C=O) groups is 1. The van der Waals surface area contributed by atoms with Crippen molar-refractivity contribution in [2.75, 3.05) is 43.0 Å². The molecule has 3 aliphatic heterocycles. The van der Waals surface area contributed by atoms with E-state index in [4.69, 9.17) is 4.74 Å². The summed E-state index contributed by atoms with van der Waals surface area (Å²) in [5, 5.41) is 10.9. The SMILES string of the molecule is O=C1CN2C(=NN1)COc1ccc(NCC3CCNC3)cc12. The molecule has 3 aliphatic rings. The molecule has 0 saturated carbocycles. The van der Waals surface area contributed by atoms with Crippen LogP contribution in [0.3, 0.4) is 0 Å². The summed E-state index contributed by atoms with van der Waals surface area (Å²) in [6.45, 7) is 3.80. The van der Waals surface area contributed by atoms with Crippen molar-refractivity contribution >= 4 is 23.1 Å². The lowest BCUT2D eigenvalue weighted by Gasteiger charge is -2.34. The van der Waals surface area contributed by atoms with Crippen LogP contribution in [0.25, 0.3) is 0 Å². The molecule has 1 amide bonds. The number of amidine groups is 1. The molecule has 1 unspecified atom stereocenters. The van der Waals surface area contributed by atoms with Crippen LogP contribution >= 0.6 is 0 Å². The van der Waals surface area contributed by atoms with Gasteiger partial charge in [-0.1, -0.05) is 0 Å². The molecule has 0 aromatic heterocycles. The van der Waals surface area contributed by atoms with Gasteiger partial charge in [0.1, 0.15) is 18.9 Å². The minimum atomic E-state index is -0.105. The molecule has 7 heteroatoms. The van der Waals surface area contributed by atoms with Crippen molar-refractivity contribution in [3.05, 3.63) is 18.2 Å². The third kappa shape index (κ3) is 2.48. The number of rotatable bonds is 3. The second-order valence-corrected chi connectivity index (χ2v) is 5.86. The van der Waals surface area contributed by atoms with Gasteiger partial charge in [-0.2, -0.15) is 5.10 Å². The summed E-state index contributed by atoms with van der Waals surface area (Å²) < 4.78 is 5.70. The summed E-state index contributed by atoms with van der Waals surface area (Å²) in [5.41, 5.74) is 4.43. The van der Waals surface area contributed by atoms with E-state index in [0.29, 0.717) is 12.5 Å². The molecule has 1 aromatic rings. The predicted octanol–water partition coefficient (Wildman–Crippen LogP) is 0.350. The molecule has 7 nitrogen and oxygen atoms in total. The van der Waals surface area contributed by atoms with Crippen molar-refractivity contribution in [3.8, 4) is 5.75 Å². The second-order valence-electron chi connectivity index (χ2n) is 5.86. The van der Waals surface area contributed by atoms with Crippen molar-refractivity contribution in [1.82, 2.24) is 10.7 Å². The average Bonchev–Trinajstić information content (AvgIpc) is 3.06. The van der Waals surface area contributed by atoms with Gasteiger partial charge in [0.25, 0.3) is 5.91 Å². The van der Waals surface area contributed by atoms with Crippen molar-refractivity contribution in [1.29, 1.82) is 0 Å². The summed E-state index contributed by atoms with van der Waals surface area (Å²) in [4.78, 5) is 13.5. The average molecular weight is 301 g/mol. The molecule has 116 valence electrons. The molecular formula is C15H19N5O2. The van der Waals surface area contributed by atoms with Gasteiger partial charge in [-0.3, -0.25) is 4.79 Å². The lowest BCUT2D eigenvalue weighted by molar-refractivity contribution is -0.119. The molecule has 0 bridgehead atoms. The van der Waals surface area contributed by atoms with E-state index in [1.54, 1.807) is 0 Å². The smallest absolute Gasteiger partial charge is 0.260 e. The zero-order valence-electron chi connectivity index (χ0n) is 12.3. The molecule has 1 atom stereocenters. The number of nitrogens with one attached hydrogen (secondary N) is 3. The van der Waals surface area contributed by atoms with E-state index in [1.807, 2.05) is 23.1 Å². The monoisotopic (exact) mass is 301 g/mol. The van der Waals surface area contributed by atoms with Gasteiger partial charge in [0.15, 0.2) is 5.84 Å². The maximum Gasteiger partial charge on any atom is 0.260 e. The van der Waals surface area contributed by atoms with Gasteiger partial charge in [-0.05, 0) is 43.6 Å². The predicted molar refractivity (Wildman–Crippen MR) is 84.3 cm³/mol. The highest BCUT2D eigenvalue weighted by atomic mass is 16.5. The number of amides is 1. The molecule has 0 radical (unpaired) electrons. The van der Waals surface area contributed by atoms with Crippen LogP contribution in [-0.4, -0.2) is 44.5 Å². The normalized spacial score (nSPS) is 23.1. The molecule has 22 heavy (non-hydrogen) atoms. The first kappa shape index (κ1) is 13.4. The summed E-state index contributed by atoms with van der Waals surface area (Å²) in [6, 6.07) is 6.01. The summed E-state index contributed by atoms with van der Waals surface area (Å²) in [6.07, 6.45) is 1.21.